The number of aromatic nitrogens is 3. The van der Waals surface area contributed by atoms with Crippen molar-refractivity contribution in [1.82, 2.24) is 24.8 Å². The van der Waals surface area contributed by atoms with Gasteiger partial charge in [-0.3, -0.25) is 4.79 Å². The Bertz CT molecular complexity index is 1960. The first-order chi connectivity index (χ1) is 33.2. The number of halogens is 1. The predicted molar refractivity (Wildman–Crippen MR) is 263 cm³/mol. The summed E-state index contributed by atoms with van der Waals surface area (Å²) in [5, 5.41) is 68.4. The maximum Gasteiger partial charge on any atom is 0.311 e. The van der Waals surface area contributed by atoms with Crippen molar-refractivity contribution in [3.05, 3.63) is 47.3 Å². The maximum atomic E-state index is 14.7. The highest BCUT2D eigenvalue weighted by atomic mass is 19.1. The van der Waals surface area contributed by atoms with Crippen LogP contribution in [0.2, 0.25) is 0 Å². The van der Waals surface area contributed by atoms with Crippen molar-refractivity contribution < 1.29 is 67.9 Å². The van der Waals surface area contributed by atoms with Crippen molar-refractivity contribution in [2.24, 2.45) is 17.8 Å². The number of ether oxygens (including phenoxy) is 7. The van der Waals surface area contributed by atoms with Gasteiger partial charge < -0.3 is 68.5 Å². The third kappa shape index (κ3) is 13.8. The van der Waals surface area contributed by atoms with E-state index >= 15 is 0 Å². The average Bonchev–Trinajstić information content (AvgIpc) is 3.79. The van der Waals surface area contributed by atoms with Crippen LogP contribution in [-0.4, -0.2) is 195 Å². The molecule has 20 atom stereocenters. The Morgan fingerprint density at radius 2 is 1.63 bits per heavy atom. The fraction of sp³-hybridized carbons (Fsp3) is 0.827. The second-order valence-electron chi connectivity index (χ2n) is 21.9. The molecule has 0 spiro atoms. The highest BCUT2D eigenvalue weighted by Crippen LogP contribution is 2.40. The summed E-state index contributed by atoms with van der Waals surface area (Å²) >= 11 is 0. The topological polar surface area (TPSA) is 220 Å². The molecule has 0 aliphatic carbocycles. The molecule has 4 heterocycles. The molecule has 5 rings (SSSR count). The fourth-order valence-corrected chi connectivity index (χ4v) is 11.3. The van der Waals surface area contributed by atoms with E-state index in [1.54, 1.807) is 61.8 Å². The number of aryl methyl sites for hydroxylation is 1. The number of benzene rings is 1. The lowest BCUT2D eigenvalue weighted by atomic mass is 9.77. The average molecular weight is 1010 g/mol. The number of hydrogen-bond acceptors (Lipinski definition) is 17. The third-order valence-electron chi connectivity index (χ3n) is 15.9. The number of alkyl halides is 1. The molecule has 0 saturated carbocycles. The van der Waals surface area contributed by atoms with E-state index in [0.29, 0.717) is 31.6 Å². The second-order valence-corrected chi connectivity index (χ2v) is 21.9. The molecule has 1 aromatic carbocycles. The van der Waals surface area contributed by atoms with Crippen LogP contribution >= 0.6 is 0 Å². The van der Waals surface area contributed by atoms with Gasteiger partial charge in [0.15, 0.2) is 12.6 Å². The van der Waals surface area contributed by atoms with Gasteiger partial charge in [-0.15, -0.1) is 5.10 Å². The third-order valence-corrected chi connectivity index (χ3v) is 15.9. The van der Waals surface area contributed by atoms with Crippen LogP contribution in [0.15, 0.2) is 30.5 Å². The zero-order valence-corrected chi connectivity index (χ0v) is 45.0. The smallest absolute Gasteiger partial charge is 0.311 e. The molecule has 3 aliphatic rings. The minimum atomic E-state index is -1.85. The SMILES string of the molecule is CC[C@H]1OC(=O)[C@H](C)[C@@H](O[C@H]2C[C@@](C)(OC)[C@@H](O)[C@H](C)O2)[C@H](C)[C@@H](O[C@@H]2O[C@H](C)C[C@H](N(C)CCc3cn([C@H](CF)[C@H](OC)c4ccc(C)cc4)nn3)[C@H]2O)[C@](C)(O)C[C@@H](C)CN(C)[C@H](C)[C@@H](O)[C@]1(C)O. The minimum Gasteiger partial charge on any atom is -0.459 e. The summed E-state index contributed by atoms with van der Waals surface area (Å²) < 4.78 is 60.2. The molecule has 3 fully saturated rings. The lowest BCUT2D eigenvalue weighted by Gasteiger charge is -2.49. The number of aliphatic hydroxyl groups is 5. The largest absolute Gasteiger partial charge is 0.459 e. The van der Waals surface area contributed by atoms with E-state index in [2.05, 4.69) is 10.3 Å². The number of nitrogens with zero attached hydrogens (tertiary/aromatic N) is 5. The lowest BCUT2D eigenvalue weighted by Crippen LogP contribution is -2.61. The first kappa shape index (κ1) is 59.1. The Kier molecular flexibility index (Phi) is 20.6. The van der Waals surface area contributed by atoms with Crippen LogP contribution in [0.4, 0.5) is 4.39 Å². The molecule has 3 saturated heterocycles. The highest BCUT2D eigenvalue weighted by molar-refractivity contribution is 5.73. The molecule has 3 aliphatic heterocycles. The minimum absolute atomic E-state index is 0.0888. The number of aliphatic hydroxyl groups excluding tert-OH is 3. The number of carbonyl (C=O) groups excluding carboxylic acids is 1. The summed E-state index contributed by atoms with van der Waals surface area (Å²) in [6.45, 7) is 19.6. The van der Waals surface area contributed by atoms with E-state index in [1.165, 1.54) is 18.7 Å². The number of rotatable bonds is 15. The number of cyclic esters (lactones) is 1. The van der Waals surface area contributed by atoms with Crippen LogP contribution in [-0.2, 0) is 44.4 Å². The first-order valence-electron chi connectivity index (χ1n) is 25.6. The summed E-state index contributed by atoms with van der Waals surface area (Å²) in [6.07, 6.45) is -7.79. The van der Waals surface area contributed by atoms with Crippen LogP contribution in [0, 0.1) is 24.7 Å². The number of esters is 1. The normalized spacial score (nSPS) is 40.4. The summed E-state index contributed by atoms with van der Waals surface area (Å²) in [4.78, 5) is 18.4. The Morgan fingerprint density at radius 3 is 2.24 bits per heavy atom. The van der Waals surface area contributed by atoms with Crippen molar-refractivity contribution in [2.75, 3.05) is 48.1 Å². The van der Waals surface area contributed by atoms with Gasteiger partial charge >= 0.3 is 5.97 Å². The van der Waals surface area contributed by atoms with E-state index in [0.717, 1.165) is 11.1 Å². The maximum absolute atomic E-state index is 14.7. The predicted octanol–water partition coefficient (Wildman–Crippen LogP) is 4.31. The molecule has 0 unspecified atom stereocenters. The fourth-order valence-electron chi connectivity index (χ4n) is 11.3. The molecule has 1 aromatic heterocycles. The summed E-state index contributed by atoms with van der Waals surface area (Å²) in [5.74, 6) is -2.85. The van der Waals surface area contributed by atoms with Gasteiger partial charge in [-0.05, 0) is 100 Å². The molecule has 19 heteroatoms. The molecule has 406 valence electrons. The van der Waals surface area contributed by atoms with Gasteiger partial charge in [-0.1, -0.05) is 55.8 Å². The Hall–Kier alpha value is -2.76. The van der Waals surface area contributed by atoms with E-state index < -0.39 is 127 Å². The van der Waals surface area contributed by atoms with Crippen LogP contribution in [0.3, 0.4) is 0 Å². The van der Waals surface area contributed by atoms with Gasteiger partial charge in [0.25, 0.3) is 0 Å². The van der Waals surface area contributed by atoms with Gasteiger partial charge in [0, 0.05) is 64.3 Å². The molecular formula is C52H88FN5O13. The lowest BCUT2D eigenvalue weighted by molar-refractivity contribution is -0.318. The molecule has 18 nitrogen and oxygen atoms in total. The number of likely N-dealkylation sites (N-methyl/N-ethyl adjacent to an activating group) is 2. The van der Waals surface area contributed by atoms with E-state index in [4.69, 9.17) is 33.2 Å². The van der Waals surface area contributed by atoms with E-state index in [9.17, 15) is 34.7 Å². The number of carbonyl (C=O) groups is 1. The molecule has 2 aromatic rings. The molecule has 5 N–H and O–H groups in total. The summed E-state index contributed by atoms with van der Waals surface area (Å²) in [7, 11) is 6.76. The first-order valence-corrected chi connectivity index (χ1v) is 25.6. The van der Waals surface area contributed by atoms with Gasteiger partial charge in [0.1, 0.15) is 48.8 Å². The van der Waals surface area contributed by atoms with Crippen molar-refractivity contribution in [3.8, 4) is 0 Å². The zero-order chi connectivity index (χ0) is 52.9. The molecule has 0 radical (unpaired) electrons. The van der Waals surface area contributed by atoms with E-state index in [1.807, 2.05) is 68.9 Å². The van der Waals surface area contributed by atoms with E-state index in [-0.39, 0.29) is 25.2 Å². The van der Waals surface area contributed by atoms with Gasteiger partial charge in [-0.25, -0.2) is 9.07 Å². The van der Waals surface area contributed by atoms with Crippen LogP contribution in [0.25, 0.3) is 0 Å². The van der Waals surface area contributed by atoms with Crippen LogP contribution in [0.1, 0.15) is 124 Å². The van der Waals surface area contributed by atoms with Crippen molar-refractivity contribution >= 4 is 5.97 Å². The number of methoxy groups -OCH3 is 2. The Labute approximate surface area is 421 Å². The Balaban J connectivity index is 1.45. The Morgan fingerprint density at radius 1 is 0.972 bits per heavy atom. The highest BCUT2D eigenvalue weighted by Gasteiger charge is 2.53. The monoisotopic (exact) mass is 1010 g/mol. The molecule has 71 heavy (non-hydrogen) atoms. The standard InChI is InChI=1S/C52H88FN5O13/c1-16-40-52(11,64)45(60)34(7)57(13)27-30(3)24-50(9,63)47(32(5)43(33(6)48(62)69-40)70-41-25-51(10,66-15)46(61)35(8)68-41)71-49-42(59)38(23-31(4)67-49)56(12)22-21-37-28-58(55-54-37)39(26-53)44(65-14)36-19-17-29(2)18-20-36/h17-20,28,30-35,38-47,49,59-61,63-64H,16,21-27H2,1-15H3/t30-,31-,32+,33-,34-,35+,38+,39-,40-,41+,42-,43+,44-,45-,46+,47-,49+,50-,51-,52-/m1/s1. The van der Waals surface area contributed by atoms with Gasteiger partial charge in [-0.2, -0.15) is 0 Å². The van der Waals surface area contributed by atoms with Crippen LogP contribution < -0.4 is 0 Å². The van der Waals surface area contributed by atoms with Gasteiger partial charge in [0.2, 0.25) is 0 Å². The van der Waals surface area contributed by atoms with Gasteiger partial charge in [0.05, 0.1) is 47.2 Å². The molecule has 0 bridgehead atoms. The quantitative estimate of drug-likeness (QED) is 0.157. The van der Waals surface area contributed by atoms with Crippen molar-refractivity contribution in [2.45, 2.75) is 211 Å². The summed E-state index contributed by atoms with van der Waals surface area (Å²) in [6, 6.07) is 5.95. The van der Waals surface area contributed by atoms with Crippen molar-refractivity contribution in [3.63, 3.8) is 0 Å². The second kappa shape index (κ2) is 24.7. The molecule has 0 amide bonds. The summed E-state index contributed by atoms with van der Waals surface area (Å²) in [5.41, 5.74) is -2.04. The number of hydrogen-bond donors (Lipinski definition) is 5. The van der Waals surface area contributed by atoms with Crippen molar-refractivity contribution in [1.29, 1.82) is 0 Å². The zero-order valence-electron chi connectivity index (χ0n) is 45.0. The molecular weight excluding hydrogens is 922 g/mol. The van der Waals surface area contributed by atoms with Crippen LogP contribution in [0.5, 0.6) is 0 Å².